The van der Waals surface area contributed by atoms with Gasteiger partial charge in [0.2, 0.25) is 0 Å². The van der Waals surface area contributed by atoms with Crippen molar-refractivity contribution < 1.29 is 5.11 Å². The molecular formula is C19H20O. The largest absolute Gasteiger partial charge is 0.392 e. The number of aliphatic hydroxyl groups excluding tert-OH is 1. The average molecular weight is 264 g/mol. The summed E-state index contributed by atoms with van der Waals surface area (Å²) in [5, 5.41) is 9.23. The van der Waals surface area contributed by atoms with Crippen LogP contribution in [0.15, 0.2) is 60.7 Å². The van der Waals surface area contributed by atoms with E-state index in [0.717, 1.165) is 0 Å². The molecule has 0 unspecified atom stereocenters. The van der Waals surface area contributed by atoms with Crippen LogP contribution in [0.4, 0.5) is 0 Å². The lowest BCUT2D eigenvalue weighted by Gasteiger charge is -2.33. The minimum absolute atomic E-state index is 0.0821. The van der Waals surface area contributed by atoms with E-state index in [1.807, 2.05) is 6.08 Å². The zero-order valence-electron chi connectivity index (χ0n) is 12.0. The highest BCUT2D eigenvalue weighted by Gasteiger charge is 2.43. The Morgan fingerprint density at radius 1 is 0.950 bits per heavy atom. The van der Waals surface area contributed by atoms with E-state index in [9.17, 15) is 5.11 Å². The van der Waals surface area contributed by atoms with Crippen LogP contribution in [0.3, 0.4) is 0 Å². The number of rotatable bonds is 3. The summed E-state index contributed by atoms with van der Waals surface area (Å²) in [4.78, 5) is 0. The van der Waals surface area contributed by atoms with Gasteiger partial charge in [-0.1, -0.05) is 74.5 Å². The third kappa shape index (κ3) is 1.66. The van der Waals surface area contributed by atoms with E-state index in [4.69, 9.17) is 0 Å². The number of allylic oxidation sites excluding steroid dienone is 1. The van der Waals surface area contributed by atoms with Gasteiger partial charge in [0.05, 0.1) is 6.61 Å². The minimum Gasteiger partial charge on any atom is -0.392 e. The van der Waals surface area contributed by atoms with Gasteiger partial charge in [-0.3, -0.25) is 0 Å². The smallest absolute Gasteiger partial charge is 0.0612 e. The highest BCUT2D eigenvalue weighted by atomic mass is 16.2. The zero-order valence-corrected chi connectivity index (χ0v) is 12.0. The van der Waals surface area contributed by atoms with Crippen LogP contribution in [-0.4, -0.2) is 11.7 Å². The fraction of sp³-hybridized carbons (Fsp3) is 0.263. The second-order valence-electron chi connectivity index (χ2n) is 5.70. The molecule has 102 valence electrons. The van der Waals surface area contributed by atoms with Gasteiger partial charge in [-0.05, 0) is 28.2 Å². The average Bonchev–Trinajstić information content (AvgIpc) is 2.77. The van der Waals surface area contributed by atoms with Gasteiger partial charge in [0.15, 0.2) is 0 Å². The van der Waals surface area contributed by atoms with E-state index in [0.29, 0.717) is 5.92 Å². The minimum atomic E-state index is -0.129. The lowest BCUT2D eigenvalue weighted by molar-refractivity contribution is 0.340. The molecule has 0 amide bonds. The van der Waals surface area contributed by atoms with Gasteiger partial charge in [0.1, 0.15) is 0 Å². The molecule has 0 saturated carbocycles. The molecule has 3 rings (SSSR count). The predicted octanol–water partition coefficient (Wildman–Crippen LogP) is 4.16. The monoisotopic (exact) mass is 264 g/mol. The summed E-state index contributed by atoms with van der Waals surface area (Å²) in [5.74, 6) is 0.426. The maximum Gasteiger partial charge on any atom is 0.0612 e. The molecule has 1 heteroatoms. The molecule has 0 fully saturated rings. The first-order valence-electron chi connectivity index (χ1n) is 7.19. The van der Waals surface area contributed by atoms with Crippen LogP contribution in [0.25, 0.3) is 11.1 Å². The molecular weight excluding hydrogens is 244 g/mol. The molecule has 0 aromatic heterocycles. The van der Waals surface area contributed by atoms with E-state index in [-0.39, 0.29) is 12.0 Å². The molecule has 0 atom stereocenters. The molecule has 20 heavy (non-hydrogen) atoms. The zero-order chi connectivity index (χ0) is 14.2. The van der Waals surface area contributed by atoms with Crippen LogP contribution < -0.4 is 0 Å². The summed E-state index contributed by atoms with van der Waals surface area (Å²) in [6.45, 7) is 4.58. The maximum atomic E-state index is 9.23. The topological polar surface area (TPSA) is 20.2 Å². The van der Waals surface area contributed by atoms with Crippen LogP contribution in [0.1, 0.15) is 25.0 Å². The Bertz CT molecular complexity index is 607. The molecule has 0 radical (unpaired) electrons. The molecule has 2 aromatic rings. The molecule has 1 nitrogen and oxygen atoms in total. The molecule has 0 spiro atoms. The van der Waals surface area contributed by atoms with Gasteiger partial charge in [-0.15, -0.1) is 0 Å². The Morgan fingerprint density at radius 3 is 1.90 bits per heavy atom. The Balaban J connectivity index is 2.36. The van der Waals surface area contributed by atoms with Crippen molar-refractivity contribution in [3.05, 3.63) is 71.8 Å². The van der Waals surface area contributed by atoms with Gasteiger partial charge < -0.3 is 5.11 Å². The van der Waals surface area contributed by atoms with E-state index in [1.165, 1.54) is 22.3 Å². The first-order valence-corrected chi connectivity index (χ1v) is 7.19. The van der Waals surface area contributed by atoms with Crippen LogP contribution in [0, 0.1) is 5.92 Å². The van der Waals surface area contributed by atoms with Crippen molar-refractivity contribution in [3.8, 4) is 11.1 Å². The fourth-order valence-electron chi connectivity index (χ4n) is 3.54. The quantitative estimate of drug-likeness (QED) is 0.825. The highest BCUT2D eigenvalue weighted by molar-refractivity contribution is 5.82. The second-order valence-corrected chi connectivity index (χ2v) is 5.70. The SMILES string of the molecule is CC(C)C1(/C=C/CO)c2ccccc2-c2ccccc21. The second kappa shape index (κ2) is 4.92. The standard InChI is InChI=1S/C19H20O/c1-14(2)19(12-7-13-20)17-10-5-3-8-15(17)16-9-4-6-11-18(16)19/h3-12,14,20H,13H2,1-2H3/b12-7+. The number of hydrogen-bond acceptors (Lipinski definition) is 1. The number of benzene rings is 2. The van der Waals surface area contributed by atoms with Crippen LogP contribution in [0.5, 0.6) is 0 Å². The van der Waals surface area contributed by atoms with Crippen LogP contribution in [-0.2, 0) is 5.41 Å². The number of fused-ring (bicyclic) bond motifs is 3. The number of hydrogen-bond donors (Lipinski definition) is 1. The van der Waals surface area contributed by atoms with E-state index in [2.05, 4.69) is 68.5 Å². The van der Waals surface area contributed by atoms with Crippen molar-refractivity contribution in [2.45, 2.75) is 19.3 Å². The van der Waals surface area contributed by atoms with Gasteiger partial charge in [-0.25, -0.2) is 0 Å². The Kier molecular flexibility index (Phi) is 3.23. The number of aliphatic hydroxyl groups is 1. The molecule has 1 aliphatic carbocycles. The third-order valence-electron chi connectivity index (χ3n) is 4.43. The summed E-state index contributed by atoms with van der Waals surface area (Å²) in [7, 11) is 0. The summed E-state index contributed by atoms with van der Waals surface area (Å²) >= 11 is 0. The molecule has 0 bridgehead atoms. The van der Waals surface area contributed by atoms with Crippen molar-refractivity contribution >= 4 is 0 Å². The van der Waals surface area contributed by atoms with Gasteiger partial charge in [-0.2, -0.15) is 0 Å². The normalized spacial score (nSPS) is 15.6. The molecule has 0 saturated heterocycles. The Labute approximate surface area is 120 Å². The molecule has 0 aliphatic heterocycles. The molecule has 1 N–H and O–H groups in total. The van der Waals surface area contributed by atoms with Crippen molar-refractivity contribution in [1.29, 1.82) is 0 Å². The fourth-order valence-corrected chi connectivity index (χ4v) is 3.54. The lowest BCUT2D eigenvalue weighted by atomic mass is 9.69. The Morgan fingerprint density at radius 2 is 1.45 bits per heavy atom. The molecule has 2 aromatic carbocycles. The summed E-state index contributed by atoms with van der Waals surface area (Å²) in [5.41, 5.74) is 5.20. The first kappa shape index (κ1) is 13.1. The predicted molar refractivity (Wildman–Crippen MR) is 83.7 cm³/mol. The third-order valence-corrected chi connectivity index (χ3v) is 4.43. The Hall–Kier alpha value is -1.86. The molecule has 1 aliphatic rings. The van der Waals surface area contributed by atoms with E-state index in [1.54, 1.807) is 0 Å². The van der Waals surface area contributed by atoms with E-state index >= 15 is 0 Å². The van der Waals surface area contributed by atoms with Gasteiger partial charge in [0.25, 0.3) is 0 Å². The summed E-state index contributed by atoms with van der Waals surface area (Å²) in [6.07, 6.45) is 4.06. The van der Waals surface area contributed by atoms with Crippen LogP contribution >= 0.6 is 0 Å². The van der Waals surface area contributed by atoms with Gasteiger partial charge >= 0.3 is 0 Å². The lowest BCUT2D eigenvalue weighted by Crippen LogP contribution is -2.29. The van der Waals surface area contributed by atoms with Crippen molar-refractivity contribution in [2.24, 2.45) is 5.92 Å². The summed E-state index contributed by atoms with van der Waals surface area (Å²) in [6, 6.07) is 17.2. The maximum absolute atomic E-state index is 9.23. The first-order chi connectivity index (χ1) is 9.71. The highest BCUT2D eigenvalue weighted by Crippen LogP contribution is 2.53. The van der Waals surface area contributed by atoms with E-state index < -0.39 is 0 Å². The van der Waals surface area contributed by atoms with Crippen molar-refractivity contribution in [1.82, 2.24) is 0 Å². The van der Waals surface area contributed by atoms with Crippen molar-refractivity contribution in [2.75, 3.05) is 6.61 Å². The van der Waals surface area contributed by atoms with Crippen molar-refractivity contribution in [3.63, 3.8) is 0 Å². The van der Waals surface area contributed by atoms with Crippen LogP contribution in [0.2, 0.25) is 0 Å². The molecule has 0 heterocycles. The van der Waals surface area contributed by atoms with Gasteiger partial charge in [0, 0.05) is 5.41 Å². The summed E-state index contributed by atoms with van der Waals surface area (Å²) < 4.78 is 0.